The quantitative estimate of drug-likeness (QED) is 0.474. The van der Waals surface area contributed by atoms with Crippen LogP contribution in [0, 0.1) is 5.92 Å². The Bertz CT molecular complexity index is 1030. The third-order valence-corrected chi connectivity index (χ3v) is 6.85. The minimum atomic E-state index is -0.000108. The number of likely N-dealkylation sites (tertiary alicyclic amines) is 1. The van der Waals surface area contributed by atoms with Crippen molar-refractivity contribution < 1.29 is 19.1 Å². The minimum absolute atomic E-state index is 0.000108. The largest absolute Gasteiger partial charge is 0.493 e. The zero-order valence-electron chi connectivity index (χ0n) is 22.1. The maximum Gasteiger partial charge on any atom is 0.246 e. The number of ether oxygens (including phenoxy) is 2. The molecule has 2 aromatic carbocycles. The number of nitrogens with zero attached hydrogens (tertiary/aromatic N) is 3. The molecule has 7 nitrogen and oxygen atoms in total. The maximum atomic E-state index is 12.9. The normalized spacial score (nSPS) is 15.2. The fourth-order valence-corrected chi connectivity index (χ4v) is 4.78. The van der Waals surface area contributed by atoms with Crippen molar-refractivity contribution in [3.05, 3.63) is 65.7 Å². The Balaban J connectivity index is 1.64. The average Bonchev–Trinajstić information content (AvgIpc) is 2.90. The lowest BCUT2D eigenvalue weighted by Crippen LogP contribution is -2.50. The molecule has 1 fully saturated rings. The Morgan fingerprint density at radius 1 is 1.00 bits per heavy atom. The molecule has 3 rings (SSSR count). The number of benzene rings is 2. The number of carbonyl (C=O) groups excluding carboxylic acids is 2. The van der Waals surface area contributed by atoms with Crippen LogP contribution in [-0.2, 0) is 16.0 Å². The smallest absolute Gasteiger partial charge is 0.246 e. The topological polar surface area (TPSA) is 62.3 Å². The Hall–Kier alpha value is -3.32. The summed E-state index contributed by atoms with van der Waals surface area (Å²) in [7, 11) is 8.94. The molecule has 0 aromatic heterocycles. The van der Waals surface area contributed by atoms with Crippen LogP contribution in [0.5, 0.6) is 11.5 Å². The predicted octanol–water partition coefficient (Wildman–Crippen LogP) is 3.59. The second kappa shape index (κ2) is 13.1. The second-order valence-corrected chi connectivity index (χ2v) is 9.61. The molecule has 0 N–H and O–H groups in total. The molecule has 0 aliphatic carbocycles. The number of carbonyl (C=O) groups is 2. The summed E-state index contributed by atoms with van der Waals surface area (Å²) in [4.78, 5) is 31.5. The van der Waals surface area contributed by atoms with Gasteiger partial charge in [-0.3, -0.25) is 9.59 Å². The molecule has 1 saturated heterocycles. The summed E-state index contributed by atoms with van der Waals surface area (Å²) in [6.07, 6.45) is 5.98. The van der Waals surface area contributed by atoms with Gasteiger partial charge in [-0.25, -0.2) is 0 Å². The summed E-state index contributed by atoms with van der Waals surface area (Å²) in [5.41, 5.74) is 2.10. The van der Waals surface area contributed by atoms with Gasteiger partial charge in [0.05, 0.1) is 20.8 Å². The highest BCUT2D eigenvalue weighted by Gasteiger charge is 2.32. The molecule has 36 heavy (non-hydrogen) atoms. The van der Waals surface area contributed by atoms with Crippen LogP contribution >= 0.6 is 0 Å². The van der Waals surface area contributed by atoms with Gasteiger partial charge in [0.1, 0.15) is 0 Å². The van der Waals surface area contributed by atoms with E-state index in [-0.39, 0.29) is 17.9 Å². The van der Waals surface area contributed by atoms with Crippen LogP contribution in [0.3, 0.4) is 0 Å². The van der Waals surface area contributed by atoms with Crippen molar-refractivity contribution in [2.75, 3.05) is 55.0 Å². The zero-order valence-corrected chi connectivity index (χ0v) is 22.1. The van der Waals surface area contributed by atoms with Crippen LogP contribution in [0.4, 0.5) is 0 Å². The maximum absolute atomic E-state index is 12.9. The van der Waals surface area contributed by atoms with Gasteiger partial charge in [0.25, 0.3) is 0 Å². The standard InChI is InChI=1S/C29H39N3O4/c1-30(2)21-29(34)31(3)25(19-22-9-7-6-8-10-22)24-15-17-32(18-16-24)28(33)14-12-23-11-13-26(35-4)27(20-23)36-5/h6-14,20,24-25H,15-19,21H2,1-5H3/b14-12+/t25-/m0/s1. The van der Waals surface area contributed by atoms with Crippen molar-refractivity contribution in [1.82, 2.24) is 14.7 Å². The van der Waals surface area contributed by atoms with E-state index >= 15 is 0 Å². The van der Waals surface area contributed by atoms with E-state index in [0.717, 1.165) is 24.8 Å². The van der Waals surface area contributed by atoms with Gasteiger partial charge in [0.15, 0.2) is 11.5 Å². The molecule has 0 saturated carbocycles. The summed E-state index contributed by atoms with van der Waals surface area (Å²) in [5, 5.41) is 0. The van der Waals surface area contributed by atoms with Crippen LogP contribution in [0.1, 0.15) is 24.0 Å². The first kappa shape index (κ1) is 27.3. The number of likely N-dealkylation sites (N-methyl/N-ethyl adjacent to an activating group) is 2. The third kappa shape index (κ3) is 7.34. The van der Waals surface area contributed by atoms with Gasteiger partial charge in [-0.1, -0.05) is 36.4 Å². The summed E-state index contributed by atoms with van der Waals surface area (Å²) in [6, 6.07) is 16.0. The molecule has 2 aromatic rings. The van der Waals surface area contributed by atoms with Crippen LogP contribution in [0.15, 0.2) is 54.6 Å². The fourth-order valence-electron chi connectivity index (χ4n) is 4.78. The Morgan fingerprint density at radius 2 is 1.67 bits per heavy atom. The van der Waals surface area contributed by atoms with E-state index in [4.69, 9.17) is 9.47 Å². The van der Waals surface area contributed by atoms with Crippen LogP contribution in [-0.4, -0.2) is 87.6 Å². The molecule has 0 spiro atoms. The summed E-state index contributed by atoms with van der Waals surface area (Å²) < 4.78 is 10.6. The first-order valence-corrected chi connectivity index (χ1v) is 12.5. The molecule has 2 amide bonds. The molecule has 1 aliphatic rings. The third-order valence-electron chi connectivity index (χ3n) is 6.85. The molecule has 0 bridgehead atoms. The lowest BCUT2D eigenvalue weighted by Gasteiger charge is -2.40. The number of rotatable bonds is 10. The van der Waals surface area contributed by atoms with Crippen LogP contribution in [0.2, 0.25) is 0 Å². The number of piperidine rings is 1. The number of amides is 2. The first-order chi connectivity index (χ1) is 17.3. The van der Waals surface area contributed by atoms with E-state index < -0.39 is 0 Å². The second-order valence-electron chi connectivity index (χ2n) is 9.61. The van der Waals surface area contributed by atoms with Crippen molar-refractivity contribution in [2.45, 2.75) is 25.3 Å². The molecule has 1 heterocycles. The van der Waals surface area contributed by atoms with Gasteiger partial charge in [-0.15, -0.1) is 0 Å². The highest BCUT2D eigenvalue weighted by molar-refractivity contribution is 5.92. The van der Waals surface area contributed by atoms with Crippen molar-refractivity contribution in [3.63, 3.8) is 0 Å². The molecule has 0 unspecified atom stereocenters. The Labute approximate surface area is 215 Å². The van der Waals surface area contributed by atoms with E-state index in [0.29, 0.717) is 37.1 Å². The monoisotopic (exact) mass is 493 g/mol. The molecule has 7 heteroatoms. The van der Waals surface area contributed by atoms with Crippen molar-refractivity contribution in [1.29, 1.82) is 0 Å². The van der Waals surface area contributed by atoms with Crippen molar-refractivity contribution in [3.8, 4) is 11.5 Å². The zero-order chi connectivity index (χ0) is 26.1. The fraction of sp³-hybridized carbons (Fsp3) is 0.448. The Kier molecular flexibility index (Phi) is 9.94. The Morgan fingerprint density at radius 3 is 2.28 bits per heavy atom. The molecule has 1 atom stereocenters. The first-order valence-electron chi connectivity index (χ1n) is 12.5. The van der Waals surface area contributed by atoms with Crippen LogP contribution < -0.4 is 9.47 Å². The SMILES string of the molecule is COc1ccc(/C=C/C(=O)N2CCC([C@H](Cc3ccccc3)N(C)C(=O)CN(C)C)CC2)cc1OC. The summed E-state index contributed by atoms with van der Waals surface area (Å²) >= 11 is 0. The number of hydrogen-bond donors (Lipinski definition) is 0. The molecular weight excluding hydrogens is 454 g/mol. The van der Waals surface area contributed by atoms with Gasteiger partial charge < -0.3 is 24.2 Å². The van der Waals surface area contributed by atoms with Crippen LogP contribution in [0.25, 0.3) is 6.08 Å². The average molecular weight is 494 g/mol. The minimum Gasteiger partial charge on any atom is -0.493 e. The van der Waals surface area contributed by atoms with Crippen molar-refractivity contribution >= 4 is 17.9 Å². The molecule has 1 aliphatic heterocycles. The molecular formula is C29H39N3O4. The van der Waals surface area contributed by atoms with Gasteiger partial charge in [0, 0.05) is 32.3 Å². The lowest BCUT2D eigenvalue weighted by molar-refractivity contribution is -0.135. The highest BCUT2D eigenvalue weighted by Crippen LogP contribution is 2.29. The number of hydrogen-bond acceptors (Lipinski definition) is 5. The van der Waals surface area contributed by atoms with Gasteiger partial charge in [0.2, 0.25) is 11.8 Å². The van der Waals surface area contributed by atoms with E-state index in [1.54, 1.807) is 20.3 Å². The summed E-state index contributed by atoms with van der Waals surface area (Å²) in [5.74, 6) is 1.74. The van der Waals surface area contributed by atoms with Gasteiger partial charge >= 0.3 is 0 Å². The predicted molar refractivity (Wildman–Crippen MR) is 143 cm³/mol. The van der Waals surface area contributed by atoms with E-state index in [1.807, 2.05) is 78.3 Å². The van der Waals surface area contributed by atoms with E-state index in [2.05, 4.69) is 12.1 Å². The van der Waals surface area contributed by atoms with Gasteiger partial charge in [-0.2, -0.15) is 0 Å². The molecule has 0 radical (unpaired) electrons. The summed E-state index contributed by atoms with van der Waals surface area (Å²) in [6.45, 7) is 1.75. The molecule has 194 valence electrons. The lowest BCUT2D eigenvalue weighted by atomic mass is 9.85. The van der Waals surface area contributed by atoms with Gasteiger partial charge in [-0.05, 0) is 68.6 Å². The number of methoxy groups -OCH3 is 2. The van der Waals surface area contributed by atoms with Crippen molar-refractivity contribution in [2.24, 2.45) is 5.92 Å². The highest BCUT2D eigenvalue weighted by atomic mass is 16.5. The van der Waals surface area contributed by atoms with E-state index in [9.17, 15) is 9.59 Å². The van der Waals surface area contributed by atoms with E-state index in [1.165, 1.54) is 5.56 Å².